The summed E-state index contributed by atoms with van der Waals surface area (Å²) in [5, 5.41) is 10.2. The van der Waals surface area contributed by atoms with Crippen molar-refractivity contribution < 1.29 is 14.2 Å². The maximum absolute atomic E-state index is 12.2. The number of benzene rings is 1. The van der Waals surface area contributed by atoms with Gasteiger partial charge in [-0.1, -0.05) is 18.3 Å². The molecule has 1 amide bonds. The summed E-state index contributed by atoms with van der Waals surface area (Å²) in [4.78, 5) is 14.2. The van der Waals surface area contributed by atoms with E-state index < -0.39 is 0 Å². The van der Waals surface area contributed by atoms with Crippen LogP contribution in [0.25, 0.3) is 11.0 Å². The normalized spacial score (nSPS) is 15.3. The largest absolute Gasteiger partial charge is 0.378 e. The van der Waals surface area contributed by atoms with E-state index in [0.29, 0.717) is 43.0 Å². The van der Waals surface area contributed by atoms with Crippen molar-refractivity contribution in [1.82, 2.24) is 15.2 Å². The van der Waals surface area contributed by atoms with Gasteiger partial charge < -0.3 is 15.0 Å². The Morgan fingerprint density at radius 2 is 2.10 bits per heavy atom. The Hall–Kier alpha value is -2.06. The zero-order valence-electron chi connectivity index (χ0n) is 10.5. The van der Waals surface area contributed by atoms with Crippen LogP contribution < -0.4 is 5.32 Å². The standard InChI is InChI=1S/C12H12N4O3S/c17-11(12(20)16-4-6-18-7-5-16)13-8-2-1-3-9-10(8)15-19-14-9/h1-3H,4-7H2,(H,13,17). The van der Waals surface area contributed by atoms with Crippen LogP contribution in [0, 0.1) is 0 Å². The molecule has 7 nitrogen and oxygen atoms in total. The van der Waals surface area contributed by atoms with Gasteiger partial charge in [0.25, 0.3) is 5.91 Å². The number of nitrogens with one attached hydrogen (secondary N) is 1. The van der Waals surface area contributed by atoms with Crippen LogP contribution in [0.2, 0.25) is 0 Å². The minimum atomic E-state index is -0.336. The average Bonchev–Trinajstić information content (AvgIpc) is 2.97. The molecule has 1 aliphatic heterocycles. The fraction of sp³-hybridized carbons (Fsp3) is 0.333. The Balaban J connectivity index is 1.75. The van der Waals surface area contributed by atoms with Crippen LogP contribution in [0.1, 0.15) is 0 Å². The third kappa shape index (κ3) is 2.47. The number of nitrogens with zero attached hydrogens (tertiary/aromatic N) is 3. The Bertz CT molecular complexity index is 651. The summed E-state index contributed by atoms with van der Waals surface area (Å²) in [6.07, 6.45) is 0. The number of anilines is 1. The Labute approximate surface area is 119 Å². The van der Waals surface area contributed by atoms with Gasteiger partial charge in [0, 0.05) is 13.1 Å². The highest BCUT2D eigenvalue weighted by Gasteiger charge is 2.20. The minimum absolute atomic E-state index is 0.252. The van der Waals surface area contributed by atoms with E-state index in [-0.39, 0.29) is 10.9 Å². The van der Waals surface area contributed by atoms with Crippen LogP contribution in [0.15, 0.2) is 22.8 Å². The second-order valence-corrected chi connectivity index (χ2v) is 4.68. The molecule has 104 valence electrons. The zero-order chi connectivity index (χ0) is 13.9. The number of thiocarbonyl (C=S) groups is 1. The van der Waals surface area contributed by atoms with Crippen LogP contribution in [0.3, 0.4) is 0 Å². The number of amides is 1. The lowest BCUT2D eigenvalue weighted by Crippen LogP contribution is -2.44. The number of carbonyl (C=O) groups is 1. The van der Waals surface area contributed by atoms with Crippen LogP contribution in [-0.4, -0.2) is 52.4 Å². The quantitative estimate of drug-likeness (QED) is 0.779. The molecule has 2 aromatic rings. The van der Waals surface area contributed by atoms with Gasteiger partial charge >= 0.3 is 0 Å². The van der Waals surface area contributed by atoms with Gasteiger partial charge in [-0.05, 0) is 22.4 Å². The van der Waals surface area contributed by atoms with Gasteiger partial charge in [0.15, 0.2) is 10.5 Å². The lowest BCUT2D eigenvalue weighted by Gasteiger charge is -2.28. The molecule has 0 unspecified atom stereocenters. The molecule has 0 atom stereocenters. The van der Waals surface area contributed by atoms with E-state index in [0.717, 1.165) is 0 Å². The Morgan fingerprint density at radius 1 is 1.30 bits per heavy atom. The van der Waals surface area contributed by atoms with E-state index in [1.54, 1.807) is 18.2 Å². The van der Waals surface area contributed by atoms with Gasteiger partial charge in [-0.3, -0.25) is 4.79 Å². The maximum atomic E-state index is 12.2. The van der Waals surface area contributed by atoms with Crippen molar-refractivity contribution in [3.8, 4) is 0 Å². The first-order valence-electron chi connectivity index (χ1n) is 6.15. The first kappa shape index (κ1) is 12.9. The second-order valence-electron chi connectivity index (χ2n) is 4.30. The molecule has 0 aliphatic carbocycles. The number of hydrogen-bond donors (Lipinski definition) is 1. The molecule has 1 fully saturated rings. The van der Waals surface area contributed by atoms with Crippen molar-refractivity contribution >= 4 is 39.8 Å². The van der Waals surface area contributed by atoms with Crippen molar-refractivity contribution in [2.24, 2.45) is 0 Å². The first-order valence-corrected chi connectivity index (χ1v) is 6.56. The average molecular weight is 292 g/mol. The number of hydrogen-bond acceptors (Lipinski definition) is 6. The summed E-state index contributed by atoms with van der Waals surface area (Å²) in [6, 6.07) is 5.24. The van der Waals surface area contributed by atoms with Gasteiger partial charge in [0.1, 0.15) is 5.52 Å². The van der Waals surface area contributed by atoms with Crippen molar-refractivity contribution in [3.05, 3.63) is 18.2 Å². The highest BCUT2D eigenvalue weighted by molar-refractivity contribution is 7.82. The highest BCUT2D eigenvalue weighted by atomic mass is 32.1. The van der Waals surface area contributed by atoms with E-state index >= 15 is 0 Å². The van der Waals surface area contributed by atoms with E-state index in [1.165, 1.54) is 0 Å². The van der Waals surface area contributed by atoms with Crippen molar-refractivity contribution in [2.75, 3.05) is 31.6 Å². The maximum Gasteiger partial charge on any atom is 0.283 e. The summed E-state index contributed by atoms with van der Waals surface area (Å²) < 4.78 is 9.88. The predicted molar refractivity (Wildman–Crippen MR) is 75.4 cm³/mol. The Morgan fingerprint density at radius 3 is 2.90 bits per heavy atom. The smallest absolute Gasteiger partial charge is 0.283 e. The zero-order valence-corrected chi connectivity index (χ0v) is 11.4. The molecule has 1 saturated heterocycles. The molecule has 1 aliphatic rings. The van der Waals surface area contributed by atoms with Crippen molar-refractivity contribution in [2.45, 2.75) is 0 Å². The monoisotopic (exact) mass is 292 g/mol. The number of fused-ring (bicyclic) bond motifs is 1. The molecule has 1 N–H and O–H groups in total. The van der Waals surface area contributed by atoms with Crippen LogP contribution in [0.4, 0.5) is 5.69 Å². The number of carbonyl (C=O) groups excluding carboxylic acids is 1. The SMILES string of the molecule is O=C(Nc1cccc2nonc12)C(=S)N1CCOCC1. The summed E-state index contributed by atoms with van der Waals surface area (Å²) in [6.45, 7) is 2.41. The van der Waals surface area contributed by atoms with Crippen molar-refractivity contribution in [1.29, 1.82) is 0 Å². The first-order chi connectivity index (χ1) is 9.75. The van der Waals surface area contributed by atoms with E-state index in [9.17, 15) is 4.79 Å². The molecule has 20 heavy (non-hydrogen) atoms. The summed E-state index contributed by atoms with van der Waals surface area (Å²) in [7, 11) is 0. The molecule has 3 rings (SSSR count). The third-order valence-electron chi connectivity index (χ3n) is 3.03. The minimum Gasteiger partial charge on any atom is -0.378 e. The van der Waals surface area contributed by atoms with Crippen LogP contribution in [-0.2, 0) is 9.53 Å². The molecule has 0 bridgehead atoms. The van der Waals surface area contributed by atoms with Crippen LogP contribution >= 0.6 is 12.2 Å². The summed E-state index contributed by atoms with van der Waals surface area (Å²) in [5.74, 6) is -0.336. The van der Waals surface area contributed by atoms with Gasteiger partial charge in [0.05, 0.1) is 18.9 Å². The van der Waals surface area contributed by atoms with Gasteiger partial charge in [0.2, 0.25) is 0 Å². The van der Waals surface area contributed by atoms with Gasteiger partial charge in [-0.15, -0.1) is 0 Å². The fourth-order valence-corrected chi connectivity index (χ4v) is 2.23. The molecule has 2 heterocycles. The van der Waals surface area contributed by atoms with E-state index in [4.69, 9.17) is 17.0 Å². The molecule has 0 saturated carbocycles. The molecule has 8 heteroatoms. The lowest BCUT2D eigenvalue weighted by atomic mass is 10.2. The lowest BCUT2D eigenvalue weighted by molar-refractivity contribution is -0.111. The number of aromatic nitrogens is 2. The highest BCUT2D eigenvalue weighted by Crippen LogP contribution is 2.19. The molecule has 0 spiro atoms. The molecule has 0 radical (unpaired) electrons. The van der Waals surface area contributed by atoms with Gasteiger partial charge in [-0.25, -0.2) is 4.63 Å². The van der Waals surface area contributed by atoms with Crippen LogP contribution in [0.5, 0.6) is 0 Å². The Kier molecular flexibility index (Phi) is 3.57. The summed E-state index contributed by atoms with van der Waals surface area (Å²) in [5.41, 5.74) is 1.62. The van der Waals surface area contributed by atoms with Crippen molar-refractivity contribution in [3.63, 3.8) is 0 Å². The number of morpholine rings is 1. The number of ether oxygens (including phenoxy) is 1. The van der Waals surface area contributed by atoms with E-state index in [2.05, 4.69) is 20.3 Å². The fourth-order valence-electron chi connectivity index (χ4n) is 1.99. The summed E-state index contributed by atoms with van der Waals surface area (Å²) >= 11 is 5.20. The topological polar surface area (TPSA) is 80.5 Å². The molecule has 1 aromatic carbocycles. The molecule has 1 aromatic heterocycles. The second kappa shape index (κ2) is 5.51. The molecular formula is C12H12N4O3S. The molecular weight excluding hydrogens is 280 g/mol. The third-order valence-corrected chi connectivity index (χ3v) is 3.47. The van der Waals surface area contributed by atoms with E-state index in [1.807, 2.05) is 4.90 Å². The predicted octanol–water partition coefficient (Wildman–Crippen LogP) is 0.821. The van der Waals surface area contributed by atoms with Gasteiger partial charge in [-0.2, -0.15) is 0 Å². The number of rotatable bonds is 1.